The molecule has 0 radical (unpaired) electrons. The van der Waals surface area contributed by atoms with E-state index in [0.29, 0.717) is 25.7 Å². The molecule has 0 aromatic carbocycles. The molecule has 57 heavy (non-hydrogen) atoms. The fourth-order valence-corrected chi connectivity index (χ4v) is 5.27. The van der Waals surface area contributed by atoms with Gasteiger partial charge < -0.3 is 76.6 Å². The van der Waals surface area contributed by atoms with Gasteiger partial charge in [-0.3, -0.25) is 0 Å². The first-order chi connectivity index (χ1) is 24.9. The lowest BCUT2D eigenvalue weighted by Gasteiger charge is -2.30. The Bertz CT molecular complexity index is 854. The van der Waals surface area contributed by atoms with Crippen LogP contribution >= 0.6 is 0 Å². The summed E-state index contributed by atoms with van der Waals surface area (Å²) in [6.45, 7) is 27.4. The Labute approximate surface area is 346 Å². The quantitative estimate of drug-likeness (QED) is 0.0922. The molecule has 14 atom stereocenters. The zero-order valence-electron chi connectivity index (χ0n) is 37.4. The summed E-state index contributed by atoms with van der Waals surface area (Å²) in [5.74, 6) is -1.07. The summed E-state index contributed by atoms with van der Waals surface area (Å²) < 4.78 is 0. The second-order valence-electron chi connectivity index (χ2n) is 20.5. The number of hydrogen-bond acceptors (Lipinski definition) is 15. The van der Waals surface area contributed by atoms with Crippen molar-refractivity contribution in [2.24, 2.45) is 39.4 Å². The summed E-state index contributed by atoms with van der Waals surface area (Å²) in [5.41, 5.74) is -0.278. The van der Waals surface area contributed by atoms with E-state index in [1.54, 1.807) is 20.8 Å². The number of hydrogen-bond donors (Lipinski definition) is 15. The predicted molar refractivity (Wildman–Crippen MR) is 225 cm³/mol. The maximum atomic E-state index is 9.73. The largest absolute Gasteiger partial charge is 0.396 e. The molecule has 0 aliphatic carbocycles. The van der Waals surface area contributed by atoms with Crippen LogP contribution in [0.3, 0.4) is 0 Å². The first kappa shape index (κ1) is 65.5. The van der Waals surface area contributed by atoms with Crippen molar-refractivity contribution in [3.63, 3.8) is 0 Å². The minimum atomic E-state index is -1.53. The van der Waals surface area contributed by atoms with E-state index >= 15 is 0 Å². The highest BCUT2D eigenvalue weighted by atomic mass is 16.4. The Morgan fingerprint density at radius 3 is 0.719 bits per heavy atom. The summed E-state index contributed by atoms with van der Waals surface area (Å²) in [7, 11) is 0. The van der Waals surface area contributed by atoms with Crippen molar-refractivity contribution < 1.29 is 76.6 Å². The molecule has 0 saturated carbocycles. The molecule has 0 aliphatic rings. The summed E-state index contributed by atoms with van der Waals surface area (Å²) in [4.78, 5) is 0. The van der Waals surface area contributed by atoms with Gasteiger partial charge in [-0.2, -0.15) is 0 Å². The van der Waals surface area contributed by atoms with Crippen LogP contribution < -0.4 is 0 Å². The van der Waals surface area contributed by atoms with E-state index in [2.05, 4.69) is 0 Å². The first-order valence-electron chi connectivity index (χ1n) is 19.9. The molecule has 0 amide bonds. The third kappa shape index (κ3) is 34.8. The molecular weight excluding hydrogens is 744 g/mol. The lowest BCUT2D eigenvalue weighted by molar-refractivity contribution is -0.121. The van der Waals surface area contributed by atoms with Gasteiger partial charge in [0.1, 0.15) is 18.3 Å². The van der Waals surface area contributed by atoms with Crippen molar-refractivity contribution >= 4 is 0 Å². The smallest absolute Gasteiger partial charge is 0.110 e. The van der Waals surface area contributed by atoms with Gasteiger partial charge in [-0.05, 0) is 47.3 Å². The number of aliphatic hydroxyl groups is 15. The van der Waals surface area contributed by atoms with Gasteiger partial charge in [0.15, 0.2) is 0 Å². The molecule has 0 heterocycles. The van der Waals surface area contributed by atoms with Gasteiger partial charge >= 0.3 is 0 Å². The van der Waals surface area contributed by atoms with Crippen LogP contribution in [0, 0.1) is 39.4 Å². The van der Waals surface area contributed by atoms with Crippen LogP contribution in [0.2, 0.25) is 0 Å². The molecule has 0 bridgehead atoms. The van der Waals surface area contributed by atoms with Gasteiger partial charge in [-0.1, -0.05) is 111 Å². The molecule has 15 N–H and O–H groups in total. The summed E-state index contributed by atoms with van der Waals surface area (Å²) >= 11 is 0. The topological polar surface area (TPSA) is 303 Å². The Balaban J connectivity index is -0.000000210. The SMILES string of the molecule is C.CC(C)(C)C[C@@H](O)[C@@H](O)[C@H](O)[C@H](O)CO.C[C@@H](CO)[C@@H](O)[C@H](O)CC(C)(C)C.C[C@@H]([C@H](O)[C@@H](O)CC(C)(C)C)[C@H](O)CO.C[C@H](CO)[C@H](O)[C@@H](O)CC(C)(C)C. The first-order valence-corrected chi connectivity index (χ1v) is 19.9. The van der Waals surface area contributed by atoms with Crippen LogP contribution in [0.25, 0.3) is 0 Å². The summed E-state index contributed by atoms with van der Waals surface area (Å²) in [6, 6.07) is 0. The van der Waals surface area contributed by atoms with Crippen LogP contribution in [0.1, 0.15) is 137 Å². The second-order valence-corrected chi connectivity index (χ2v) is 20.5. The average molecular weight is 839 g/mol. The van der Waals surface area contributed by atoms with Gasteiger partial charge in [-0.15, -0.1) is 0 Å². The van der Waals surface area contributed by atoms with E-state index in [9.17, 15) is 51.1 Å². The van der Waals surface area contributed by atoms with Crippen LogP contribution in [-0.2, 0) is 0 Å². The van der Waals surface area contributed by atoms with Crippen molar-refractivity contribution in [3.8, 4) is 0 Å². The van der Waals surface area contributed by atoms with Crippen molar-refractivity contribution in [3.05, 3.63) is 0 Å². The van der Waals surface area contributed by atoms with Gasteiger partial charge in [0.2, 0.25) is 0 Å². The van der Waals surface area contributed by atoms with E-state index in [4.69, 9.17) is 25.5 Å². The lowest BCUT2D eigenvalue weighted by atomic mass is 9.84. The fraction of sp³-hybridized carbons (Fsp3) is 1.00. The molecule has 15 nitrogen and oxygen atoms in total. The van der Waals surface area contributed by atoms with Crippen LogP contribution in [-0.4, -0.2) is 170 Å². The molecule has 0 spiro atoms. The van der Waals surface area contributed by atoms with Gasteiger partial charge in [-0.25, -0.2) is 0 Å². The molecule has 0 aromatic heterocycles. The van der Waals surface area contributed by atoms with Gasteiger partial charge in [0, 0.05) is 31.0 Å². The molecule has 0 saturated heterocycles. The average Bonchev–Trinajstić information content (AvgIpc) is 3.05. The second kappa shape index (κ2) is 30.4. The molecule has 0 fully saturated rings. The Kier molecular flexibility index (Phi) is 35.0. The van der Waals surface area contributed by atoms with Crippen molar-refractivity contribution in [2.75, 3.05) is 26.4 Å². The zero-order chi connectivity index (χ0) is 45.7. The highest BCUT2D eigenvalue weighted by molar-refractivity contribution is 4.84. The third-order valence-electron chi connectivity index (χ3n) is 8.87. The molecule has 15 heteroatoms. The van der Waals surface area contributed by atoms with Gasteiger partial charge in [0.05, 0.1) is 62.0 Å². The molecule has 0 aromatic rings. The normalized spacial score (nSPS) is 19.9. The fourth-order valence-electron chi connectivity index (χ4n) is 5.27. The van der Waals surface area contributed by atoms with Crippen LogP contribution in [0.15, 0.2) is 0 Å². The van der Waals surface area contributed by atoms with Crippen molar-refractivity contribution in [1.82, 2.24) is 0 Å². The number of aliphatic hydroxyl groups excluding tert-OH is 15. The summed E-state index contributed by atoms with van der Waals surface area (Å²) in [6.07, 6.45) is -9.74. The molecule has 352 valence electrons. The third-order valence-corrected chi connectivity index (χ3v) is 8.87. The van der Waals surface area contributed by atoms with Crippen molar-refractivity contribution in [2.45, 2.75) is 204 Å². The van der Waals surface area contributed by atoms with E-state index in [0.717, 1.165) is 0 Å². The molecule has 0 rings (SSSR count). The van der Waals surface area contributed by atoms with E-state index in [1.807, 2.05) is 83.1 Å². The van der Waals surface area contributed by atoms with Crippen LogP contribution in [0.4, 0.5) is 0 Å². The molecule has 0 unspecified atom stereocenters. The van der Waals surface area contributed by atoms with E-state index in [1.165, 1.54) is 0 Å². The predicted octanol–water partition coefficient (Wildman–Crippen LogP) is 1.17. The highest BCUT2D eigenvalue weighted by Gasteiger charge is 2.33. The maximum Gasteiger partial charge on any atom is 0.110 e. The minimum absolute atomic E-state index is 0. The van der Waals surface area contributed by atoms with Gasteiger partial charge in [0.25, 0.3) is 0 Å². The zero-order valence-corrected chi connectivity index (χ0v) is 37.4. The maximum absolute atomic E-state index is 9.73. The molecule has 0 aliphatic heterocycles. The highest BCUT2D eigenvalue weighted by Crippen LogP contribution is 2.27. The van der Waals surface area contributed by atoms with E-state index in [-0.39, 0.29) is 54.1 Å². The Hall–Kier alpha value is -0.600. The standard InChI is InChI=1S/C11H24O4.C10H22O5.2C10H22O3.CH4/c1-7(9(14)6-12)10(15)8(13)5-11(2,3)4;1-10(2,3)4-6(12)8(14)9(15)7(13)5-11;2*1-7(6-11)9(13)8(12)5-10(2,3)4;/h7-10,12-15H,5-6H2,1-4H3;6-9,11-15H,4-5H2,1-3H3;2*7-9,11-13H,5-6H2,1-4H3;1H4/t7-,8+,9-,10+;6-,7-,8-,9-;2*7-,8+,9+;/m1110./s1. The van der Waals surface area contributed by atoms with Crippen molar-refractivity contribution in [1.29, 1.82) is 0 Å². The Morgan fingerprint density at radius 2 is 0.509 bits per heavy atom. The lowest BCUT2D eigenvalue weighted by Crippen LogP contribution is -2.46. The molecular formula is C42H94O15. The summed E-state index contributed by atoms with van der Waals surface area (Å²) in [5, 5.41) is 139. The monoisotopic (exact) mass is 839 g/mol. The Morgan fingerprint density at radius 1 is 0.298 bits per heavy atom. The number of rotatable bonds is 18. The minimum Gasteiger partial charge on any atom is -0.396 e. The van der Waals surface area contributed by atoms with Crippen LogP contribution in [0.5, 0.6) is 0 Å². The van der Waals surface area contributed by atoms with E-state index < -0.39 is 86.3 Å².